The van der Waals surface area contributed by atoms with E-state index < -0.39 is 5.97 Å². The van der Waals surface area contributed by atoms with E-state index in [9.17, 15) is 14.7 Å². The SMILES string of the molecule is COc1ccc(C(=O)/C(Cc2cccc(N(C)C)c2)=C(\C(=O)O)c2ccc3nsnc3c2)cc1. The van der Waals surface area contributed by atoms with Gasteiger partial charge in [-0.25, -0.2) is 4.79 Å². The number of fused-ring (bicyclic) bond motifs is 1. The second-order valence-corrected chi connectivity index (χ2v) is 8.45. The monoisotopic (exact) mass is 473 g/mol. The molecule has 0 aliphatic carbocycles. The molecule has 0 unspecified atom stereocenters. The molecule has 0 fully saturated rings. The van der Waals surface area contributed by atoms with E-state index in [4.69, 9.17) is 4.74 Å². The number of rotatable bonds is 8. The number of Topliss-reactive ketones (excluding diaryl/α,β-unsaturated/α-hetero) is 1. The number of benzene rings is 3. The third-order valence-corrected chi connectivity index (χ3v) is 6.05. The number of hydrogen-bond acceptors (Lipinski definition) is 7. The van der Waals surface area contributed by atoms with Crippen LogP contribution in [0.3, 0.4) is 0 Å². The lowest BCUT2D eigenvalue weighted by molar-refractivity contribution is -0.130. The molecule has 8 heteroatoms. The first-order valence-corrected chi connectivity index (χ1v) is 11.2. The average molecular weight is 474 g/mol. The van der Waals surface area contributed by atoms with Crippen molar-refractivity contribution in [2.45, 2.75) is 6.42 Å². The van der Waals surface area contributed by atoms with Crippen molar-refractivity contribution in [3.8, 4) is 5.75 Å². The highest BCUT2D eigenvalue weighted by molar-refractivity contribution is 7.00. The molecule has 1 heterocycles. The summed E-state index contributed by atoms with van der Waals surface area (Å²) in [6.45, 7) is 0. The Kier molecular flexibility index (Phi) is 6.70. The predicted molar refractivity (Wildman–Crippen MR) is 134 cm³/mol. The molecule has 172 valence electrons. The molecule has 4 rings (SSSR count). The number of carbonyl (C=O) groups excluding carboxylic acids is 1. The highest BCUT2D eigenvalue weighted by Crippen LogP contribution is 2.29. The predicted octanol–water partition coefficient (Wildman–Crippen LogP) is 4.73. The molecule has 3 aromatic carbocycles. The van der Waals surface area contributed by atoms with Gasteiger partial charge in [0.05, 0.1) is 24.4 Å². The number of ether oxygens (including phenoxy) is 1. The van der Waals surface area contributed by atoms with E-state index in [1.54, 1.807) is 49.6 Å². The first-order chi connectivity index (χ1) is 16.4. The molecule has 0 spiro atoms. The van der Waals surface area contributed by atoms with Crippen LogP contribution in [0.1, 0.15) is 21.5 Å². The molecule has 4 aromatic rings. The molecule has 7 nitrogen and oxygen atoms in total. The maximum Gasteiger partial charge on any atom is 0.336 e. The standard InChI is InChI=1S/C26H23N3O4S/c1-29(2)19-6-4-5-16(13-19)14-21(25(30)17-7-10-20(33-3)11-8-17)24(26(31)32)18-9-12-22-23(15-18)28-34-27-22/h4-13,15H,14H2,1-3H3,(H,31,32)/b24-21-. The van der Waals surface area contributed by atoms with Crippen LogP contribution in [-0.4, -0.2) is 46.8 Å². The lowest BCUT2D eigenvalue weighted by atomic mass is 9.89. The number of methoxy groups -OCH3 is 1. The van der Waals surface area contributed by atoms with E-state index in [1.165, 1.54) is 0 Å². The first kappa shape index (κ1) is 23.1. The Bertz CT molecular complexity index is 1390. The lowest BCUT2D eigenvalue weighted by Crippen LogP contribution is -2.14. The fourth-order valence-electron chi connectivity index (χ4n) is 3.71. The van der Waals surface area contributed by atoms with Crippen LogP contribution in [0, 0.1) is 0 Å². The number of ketones is 1. The Morgan fingerprint density at radius 1 is 0.941 bits per heavy atom. The van der Waals surface area contributed by atoms with Gasteiger partial charge in [0.15, 0.2) is 5.78 Å². The number of hydrogen-bond donors (Lipinski definition) is 1. The van der Waals surface area contributed by atoms with Crippen LogP contribution in [-0.2, 0) is 11.2 Å². The highest BCUT2D eigenvalue weighted by Gasteiger charge is 2.24. The number of allylic oxidation sites excluding steroid dienone is 1. The zero-order valence-electron chi connectivity index (χ0n) is 19.0. The van der Waals surface area contributed by atoms with Gasteiger partial charge in [-0.2, -0.15) is 8.75 Å². The van der Waals surface area contributed by atoms with Crippen LogP contribution < -0.4 is 9.64 Å². The van der Waals surface area contributed by atoms with Crippen LogP contribution in [0.4, 0.5) is 5.69 Å². The molecular formula is C26H23N3O4S. The minimum Gasteiger partial charge on any atom is -0.497 e. The summed E-state index contributed by atoms with van der Waals surface area (Å²) in [5.41, 5.74) is 4.00. The van der Waals surface area contributed by atoms with Crippen LogP contribution >= 0.6 is 11.7 Å². The van der Waals surface area contributed by atoms with Crippen LogP contribution in [0.15, 0.2) is 72.3 Å². The fraction of sp³-hybridized carbons (Fsp3) is 0.154. The molecule has 0 amide bonds. The van der Waals surface area contributed by atoms with Gasteiger partial charge in [0, 0.05) is 37.3 Å². The molecule has 0 aliphatic heterocycles. The Labute approximate surface area is 201 Å². The van der Waals surface area contributed by atoms with Crippen molar-refractivity contribution >= 4 is 45.8 Å². The molecule has 0 saturated heterocycles. The molecule has 0 saturated carbocycles. The van der Waals surface area contributed by atoms with Gasteiger partial charge in [-0.15, -0.1) is 0 Å². The summed E-state index contributed by atoms with van der Waals surface area (Å²) in [7, 11) is 5.40. The van der Waals surface area contributed by atoms with Gasteiger partial charge in [0.2, 0.25) is 0 Å². The average Bonchev–Trinajstić information content (AvgIpc) is 3.31. The molecule has 0 atom stereocenters. The second-order valence-electron chi connectivity index (χ2n) is 7.93. The van der Waals surface area contributed by atoms with Gasteiger partial charge in [0.1, 0.15) is 16.8 Å². The van der Waals surface area contributed by atoms with Gasteiger partial charge in [-0.1, -0.05) is 18.2 Å². The Balaban J connectivity index is 1.89. The van der Waals surface area contributed by atoms with Gasteiger partial charge in [-0.05, 0) is 59.7 Å². The fourth-order valence-corrected chi connectivity index (χ4v) is 4.23. The van der Waals surface area contributed by atoms with Crippen molar-refractivity contribution in [3.05, 3.63) is 89.0 Å². The number of carboxylic acids is 1. The summed E-state index contributed by atoms with van der Waals surface area (Å²) in [6, 6.07) is 19.4. The zero-order valence-corrected chi connectivity index (χ0v) is 19.8. The minimum absolute atomic E-state index is 0.0500. The second kappa shape index (κ2) is 9.84. The van der Waals surface area contributed by atoms with Crippen molar-refractivity contribution in [2.75, 3.05) is 26.1 Å². The van der Waals surface area contributed by atoms with Crippen molar-refractivity contribution in [1.82, 2.24) is 8.75 Å². The van der Waals surface area contributed by atoms with Crippen LogP contribution in [0.25, 0.3) is 16.6 Å². The van der Waals surface area contributed by atoms with E-state index >= 15 is 0 Å². The minimum atomic E-state index is -1.18. The summed E-state index contributed by atoms with van der Waals surface area (Å²) in [5.74, 6) is -0.921. The van der Waals surface area contributed by atoms with E-state index in [0.29, 0.717) is 27.9 Å². The summed E-state index contributed by atoms with van der Waals surface area (Å²) >= 11 is 1.06. The van der Waals surface area contributed by atoms with E-state index in [1.807, 2.05) is 43.3 Å². The van der Waals surface area contributed by atoms with Gasteiger partial charge in [-0.3, -0.25) is 4.79 Å². The van der Waals surface area contributed by atoms with Crippen LogP contribution in [0.2, 0.25) is 0 Å². The smallest absolute Gasteiger partial charge is 0.336 e. The van der Waals surface area contributed by atoms with Gasteiger partial charge < -0.3 is 14.7 Å². The quantitative estimate of drug-likeness (QED) is 0.292. The summed E-state index contributed by atoms with van der Waals surface area (Å²) in [4.78, 5) is 28.2. The summed E-state index contributed by atoms with van der Waals surface area (Å²) in [6.07, 6.45) is 0.154. The van der Waals surface area contributed by atoms with Crippen LogP contribution in [0.5, 0.6) is 5.75 Å². The molecule has 0 aliphatic rings. The molecule has 0 radical (unpaired) electrons. The maximum absolute atomic E-state index is 13.7. The third kappa shape index (κ3) is 4.82. The molecule has 1 aromatic heterocycles. The number of anilines is 1. The van der Waals surface area contributed by atoms with Gasteiger partial charge >= 0.3 is 5.97 Å². The molecule has 1 N–H and O–H groups in total. The van der Waals surface area contributed by atoms with Crippen molar-refractivity contribution in [3.63, 3.8) is 0 Å². The number of nitrogens with zero attached hydrogens (tertiary/aromatic N) is 3. The lowest BCUT2D eigenvalue weighted by Gasteiger charge is -2.16. The normalized spacial score (nSPS) is 11.7. The Morgan fingerprint density at radius 3 is 2.32 bits per heavy atom. The van der Waals surface area contributed by atoms with E-state index in [0.717, 1.165) is 23.0 Å². The van der Waals surface area contributed by atoms with Crippen molar-refractivity contribution in [2.24, 2.45) is 0 Å². The van der Waals surface area contributed by atoms with E-state index in [2.05, 4.69) is 8.75 Å². The summed E-state index contributed by atoms with van der Waals surface area (Å²) in [5, 5.41) is 10.2. The first-order valence-electron chi connectivity index (χ1n) is 10.5. The molecule has 0 bridgehead atoms. The maximum atomic E-state index is 13.7. The number of aliphatic carboxylic acids is 1. The number of carboxylic acid groups (broad SMARTS) is 1. The summed E-state index contributed by atoms with van der Waals surface area (Å²) < 4.78 is 13.6. The van der Waals surface area contributed by atoms with E-state index in [-0.39, 0.29) is 23.4 Å². The Hall–Kier alpha value is -4.04. The number of aromatic nitrogens is 2. The molecule has 34 heavy (non-hydrogen) atoms. The van der Waals surface area contributed by atoms with Gasteiger partial charge in [0.25, 0.3) is 0 Å². The largest absolute Gasteiger partial charge is 0.497 e. The van der Waals surface area contributed by atoms with Crippen molar-refractivity contribution < 1.29 is 19.4 Å². The molecular weight excluding hydrogens is 450 g/mol. The Morgan fingerprint density at radius 2 is 1.65 bits per heavy atom. The highest BCUT2D eigenvalue weighted by atomic mass is 32.1. The number of carbonyl (C=O) groups is 2. The topological polar surface area (TPSA) is 92.6 Å². The van der Waals surface area contributed by atoms with Crippen molar-refractivity contribution in [1.29, 1.82) is 0 Å². The zero-order chi connectivity index (χ0) is 24.2. The third-order valence-electron chi connectivity index (χ3n) is 5.49.